The zero-order valence-electron chi connectivity index (χ0n) is 14.4. The number of fused-ring (bicyclic) bond motifs is 4. The van der Waals surface area contributed by atoms with Crippen molar-refractivity contribution < 1.29 is 8.78 Å². The molecule has 0 N–H and O–H groups in total. The number of rotatable bonds is 4. The first-order chi connectivity index (χ1) is 12.2. The monoisotopic (exact) mass is 342 g/mol. The SMILES string of the molecule is Fc1cccc(CN2C[C@@H]3CC[C@H](C2)N(Cc2ccccc2)C3)c1F. The summed E-state index contributed by atoms with van der Waals surface area (Å²) >= 11 is 0. The maximum Gasteiger partial charge on any atom is 0.163 e. The van der Waals surface area contributed by atoms with Crippen molar-refractivity contribution in [2.24, 2.45) is 5.92 Å². The van der Waals surface area contributed by atoms with E-state index in [0.717, 1.165) is 26.2 Å². The average molecular weight is 342 g/mol. The van der Waals surface area contributed by atoms with Crippen molar-refractivity contribution in [2.45, 2.75) is 32.0 Å². The van der Waals surface area contributed by atoms with Gasteiger partial charge in [-0.25, -0.2) is 8.78 Å². The summed E-state index contributed by atoms with van der Waals surface area (Å²) in [6.45, 7) is 4.47. The quantitative estimate of drug-likeness (QED) is 0.827. The predicted molar refractivity (Wildman–Crippen MR) is 95.0 cm³/mol. The Hall–Kier alpha value is -1.78. The van der Waals surface area contributed by atoms with E-state index in [0.29, 0.717) is 24.1 Å². The molecular weight excluding hydrogens is 318 g/mol. The number of nitrogens with zero attached hydrogens (tertiary/aromatic N) is 2. The Kier molecular flexibility index (Phi) is 4.82. The maximum atomic E-state index is 14.0. The highest BCUT2D eigenvalue weighted by Crippen LogP contribution is 2.30. The third-order valence-corrected chi connectivity index (χ3v) is 5.56. The Balaban J connectivity index is 1.46. The molecule has 25 heavy (non-hydrogen) atoms. The summed E-state index contributed by atoms with van der Waals surface area (Å²) in [5.74, 6) is -0.833. The molecule has 3 aliphatic heterocycles. The minimum Gasteiger partial charge on any atom is -0.297 e. The molecule has 0 radical (unpaired) electrons. The number of halogens is 2. The molecule has 5 rings (SSSR count). The van der Waals surface area contributed by atoms with Crippen LogP contribution in [0.4, 0.5) is 8.78 Å². The fourth-order valence-corrected chi connectivity index (χ4v) is 4.33. The third kappa shape index (κ3) is 3.75. The van der Waals surface area contributed by atoms with E-state index >= 15 is 0 Å². The molecule has 0 spiro atoms. The van der Waals surface area contributed by atoms with Crippen molar-refractivity contribution in [3.05, 3.63) is 71.3 Å². The smallest absolute Gasteiger partial charge is 0.163 e. The molecule has 3 heterocycles. The second-order valence-corrected chi connectivity index (χ2v) is 7.42. The summed E-state index contributed by atoms with van der Waals surface area (Å²) in [4.78, 5) is 4.89. The maximum absolute atomic E-state index is 14.0. The molecule has 0 aromatic heterocycles. The second-order valence-electron chi connectivity index (χ2n) is 7.42. The lowest BCUT2D eigenvalue weighted by molar-refractivity contribution is 0.123. The Morgan fingerprint density at radius 3 is 2.52 bits per heavy atom. The first kappa shape index (κ1) is 16.7. The highest BCUT2D eigenvalue weighted by Gasteiger charge is 2.34. The van der Waals surface area contributed by atoms with Crippen LogP contribution in [0.25, 0.3) is 0 Å². The van der Waals surface area contributed by atoms with Crippen LogP contribution in [0.3, 0.4) is 0 Å². The summed E-state index contributed by atoms with van der Waals surface area (Å²) in [5.41, 5.74) is 1.81. The molecular formula is C21H24F2N2. The van der Waals surface area contributed by atoms with Gasteiger partial charge in [0.25, 0.3) is 0 Å². The molecule has 2 bridgehead atoms. The fourth-order valence-electron chi connectivity index (χ4n) is 4.33. The molecule has 0 aliphatic carbocycles. The molecule has 132 valence electrons. The minimum absolute atomic E-state index is 0.468. The van der Waals surface area contributed by atoms with Gasteiger partial charge in [-0.2, -0.15) is 0 Å². The van der Waals surface area contributed by atoms with E-state index in [1.807, 2.05) is 6.07 Å². The van der Waals surface area contributed by atoms with Crippen molar-refractivity contribution in [1.82, 2.24) is 9.80 Å². The fraction of sp³-hybridized carbons (Fsp3) is 0.429. The van der Waals surface area contributed by atoms with E-state index in [2.05, 4.69) is 34.1 Å². The van der Waals surface area contributed by atoms with Gasteiger partial charge in [0.1, 0.15) is 0 Å². The lowest BCUT2D eigenvalue weighted by Crippen LogP contribution is -2.43. The van der Waals surface area contributed by atoms with Crippen LogP contribution in [-0.4, -0.2) is 35.5 Å². The summed E-state index contributed by atoms with van der Waals surface area (Å²) in [5, 5.41) is 0. The van der Waals surface area contributed by atoms with Gasteiger partial charge < -0.3 is 0 Å². The minimum atomic E-state index is -0.749. The van der Waals surface area contributed by atoms with Crippen LogP contribution < -0.4 is 0 Å². The Morgan fingerprint density at radius 1 is 0.840 bits per heavy atom. The first-order valence-corrected chi connectivity index (χ1v) is 9.12. The van der Waals surface area contributed by atoms with E-state index in [1.165, 1.54) is 24.5 Å². The highest BCUT2D eigenvalue weighted by molar-refractivity contribution is 5.19. The van der Waals surface area contributed by atoms with Crippen LogP contribution in [0.5, 0.6) is 0 Å². The van der Waals surface area contributed by atoms with Gasteiger partial charge in [0.2, 0.25) is 0 Å². The van der Waals surface area contributed by atoms with E-state index in [-0.39, 0.29) is 0 Å². The zero-order valence-corrected chi connectivity index (χ0v) is 14.4. The van der Waals surface area contributed by atoms with E-state index < -0.39 is 11.6 Å². The third-order valence-electron chi connectivity index (χ3n) is 5.56. The molecule has 2 aromatic rings. The Bertz CT molecular complexity index is 719. The second kappa shape index (κ2) is 7.22. The highest BCUT2D eigenvalue weighted by atomic mass is 19.2. The zero-order chi connectivity index (χ0) is 17.2. The summed E-state index contributed by atoms with van der Waals surface area (Å²) in [7, 11) is 0. The lowest BCUT2D eigenvalue weighted by atomic mass is 9.94. The molecule has 2 aromatic carbocycles. The van der Waals surface area contributed by atoms with Gasteiger partial charge in [0, 0.05) is 44.3 Å². The lowest BCUT2D eigenvalue weighted by Gasteiger charge is -2.36. The number of piperidine rings is 1. The summed E-state index contributed by atoms with van der Waals surface area (Å²) < 4.78 is 27.5. The largest absolute Gasteiger partial charge is 0.297 e. The average Bonchev–Trinajstić information content (AvgIpc) is 2.90. The van der Waals surface area contributed by atoms with E-state index in [9.17, 15) is 8.78 Å². The van der Waals surface area contributed by atoms with Gasteiger partial charge in [-0.3, -0.25) is 9.80 Å². The summed E-state index contributed by atoms with van der Waals surface area (Å²) in [6, 6.07) is 15.6. The van der Waals surface area contributed by atoms with Crippen molar-refractivity contribution in [2.75, 3.05) is 19.6 Å². The van der Waals surface area contributed by atoms with Gasteiger partial charge in [0.05, 0.1) is 0 Å². The topological polar surface area (TPSA) is 6.48 Å². The van der Waals surface area contributed by atoms with Crippen molar-refractivity contribution in [3.8, 4) is 0 Å². The normalized spacial score (nSPS) is 24.4. The molecule has 0 saturated carbocycles. The van der Waals surface area contributed by atoms with Crippen molar-refractivity contribution in [1.29, 1.82) is 0 Å². The Morgan fingerprint density at radius 2 is 1.68 bits per heavy atom. The standard InChI is InChI=1S/C21H24F2N2/c22-20-8-4-7-18(21(20)23)14-24-11-17-9-10-19(15-24)25(13-17)12-16-5-2-1-3-6-16/h1-8,17,19H,9-15H2/t17-,19+/m0/s1. The number of hydrogen-bond donors (Lipinski definition) is 0. The van der Waals surface area contributed by atoms with Crippen LogP contribution in [0.2, 0.25) is 0 Å². The molecule has 2 nitrogen and oxygen atoms in total. The molecule has 3 aliphatic rings. The number of benzene rings is 2. The van der Waals surface area contributed by atoms with Crippen LogP contribution in [-0.2, 0) is 13.1 Å². The first-order valence-electron chi connectivity index (χ1n) is 9.12. The van der Waals surface area contributed by atoms with Gasteiger partial charge in [-0.05, 0) is 30.4 Å². The van der Waals surface area contributed by atoms with Crippen LogP contribution in [0.1, 0.15) is 24.0 Å². The van der Waals surface area contributed by atoms with Gasteiger partial charge in [-0.15, -0.1) is 0 Å². The van der Waals surface area contributed by atoms with Crippen LogP contribution in [0, 0.1) is 17.6 Å². The molecule has 4 heteroatoms. The Labute approximate surface area is 148 Å². The van der Waals surface area contributed by atoms with Crippen LogP contribution in [0.15, 0.2) is 48.5 Å². The summed E-state index contributed by atoms with van der Waals surface area (Å²) in [6.07, 6.45) is 2.43. The molecule has 0 amide bonds. The molecule has 3 fully saturated rings. The van der Waals surface area contributed by atoms with Gasteiger partial charge in [-0.1, -0.05) is 42.5 Å². The van der Waals surface area contributed by atoms with Crippen molar-refractivity contribution >= 4 is 0 Å². The van der Waals surface area contributed by atoms with E-state index in [1.54, 1.807) is 12.1 Å². The van der Waals surface area contributed by atoms with Crippen molar-refractivity contribution in [3.63, 3.8) is 0 Å². The number of hydrogen-bond acceptors (Lipinski definition) is 2. The van der Waals surface area contributed by atoms with Crippen LogP contribution >= 0.6 is 0 Å². The van der Waals surface area contributed by atoms with Gasteiger partial charge in [0.15, 0.2) is 11.6 Å². The molecule has 0 unspecified atom stereocenters. The predicted octanol–water partition coefficient (Wildman–Crippen LogP) is 4.06. The molecule has 3 saturated heterocycles. The van der Waals surface area contributed by atoms with Gasteiger partial charge >= 0.3 is 0 Å². The van der Waals surface area contributed by atoms with E-state index in [4.69, 9.17) is 0 Å². The molecule has 2 atom stereocenters.